The number of hydrogen-bond acceptors (Lipinski definition) is 1. The van der Waals surface area contributed by atoms with E-state index in [9.17, 15) is 0 Å². The summed E-state index contributed by atoms with van der Waals surface area (Å²) >= 11 is 0. The zero-order valence-corrected chi connectivity index (χ0v) is 23.9. The lowest BCUT2D eigenvalue weighted by Gasteiger charge is -2.29. The Balaban J connectivity index is 1.43. The molecule has 7 aromatic rings. The number of nitrogens with zero attached hydrogens (tertiary/aromatic N) is 1. The van der Waals surface area contributed by atoms with Crippen molar-refractivity contribution in [2.75, 3.05) is 4.90 Å². The second kappa shape index (κ2) is 9.46. The van der Waals surface area contributed by atoms with Gasteiger partial charge in [0.25, 0.3) is 0 Å². The third-order valence-corrected chi connectivity index (χ3v) is 9.02. The summed E-state index contributed by atoms with van der Waals surface area (Å²) in [4.78, 5) is 2.45. The molecule has 0 spiro atoms. The number of anilines is 3. The molecule has 0 saturated heterocycles. The monoisotopic (exact) mass is 537 g/mol. The molecular formula is C41H31N. The molecule has 200 valence electrons. The lowest BCUT2D eigenvalue weighted by atomic mass is 9.82. The Bertz CT molecular complexity index is 2110. The van der Waals surface area contributed by atoms with E-state index in [0.29, 0.717) is 0 Å². The lowest BCUT2D eigenvalue weighted by molar-refractivity contribution is 0.660. The van der Waals surface area contributed by atoms with Crippen molar-refractivity contribution in [2.24, 2.45) is 0 Å². The molecule has 0 aliphatic heterocycles. The first kappa shape index (κ1) is 24.6. The van der Waals surface area contributed by atoms with Crippen LogP contribution in [-0.4, -0.2) is 0 Å². The molecule has 1 nitrogen and oxygen atoms in total. The maximum atomic E-state index is 2.45. The van der Waals surface area contributed by atoms with Crippen LogP contribution in [0, 0.1) is 0 Å². The minimum absolute atomic E-state index is 0.0296. The first-order chi connectivity index (χ1) is 20.6. The summed E-state index contributed by atoms with van der Waals surface area (Å²) in [5, 5.41) is 4.96. The summed E-state index contributed by atoms with van der Waals surface area (Å²) in [6.07, 6.45) is 0. The molecule has 0 radical (unpaired) electrons. The van der Waals surface area contributed by atoms with Crippen molar-refractivity contribution in [3.63, 3.8) is 0 Å². The van der Waals surface area contributed by atoms with Crippen LogP contribution in [0.5, 0.6) is 0 Å². The highest BCUT2D eigenvalue weighted by Gasteiger charge is 2.35. The van der Waals surface area contributed by atoms with Gasteiger partial charge >= 0.3 is 0 Å². The van der Waals surface area contributed by atoms with Gasteiger partial charge in [-0.15, -0.1) is 0 Å². The minimum atomic E-state index is -0.0296. The predicted octanol–water partition coefficient (Wildman–Crippen LogP) is 11.4. The molecule has 0 aromatic heterocycles. The number of hydrogen-bond donors (Lipinski definition) is 0. The van der Waals surface area contributed by atoms with Crippen LogP contribution in [0.15, 0.2) is 152 Å². The van der Waals surface area contributed by atoms with Crippen molar-refractivity contribution in [3.05, 3.63) is 163 Å². The number of fused-ring (bicyclic) bond motifs is 5. The maximum Gasteiger partial charge on any atom is 0.0546 e. The normalized spacial score (nSPS) is 13.2. The summed E-state index contributed by atoms with van der Waals surface area (Å²) < 4.78 is 0. The van der Waals surface area contributed by atoms with Gasteiger partial charge in [0, 0.05) is 22.2 Å². The van der Waals surface area contributed by atoms with E-state index in [4.69, 9.17) is 0 Å². The Hall–Kier alpha value is -5.14. The van der Waals surface area contributed by atoms with Gasteiger partial charge in [-0.3, -0.25) is 0 Å². The van der Waals surface area contributed by atoms with Gasteiger partial charge in [-0.2, -0.15) is 0 Å². The predicted molar refractivity (Wildman–Crippen MR) is 179 cm³/mol. The van der Waals surface area contributed by atoms with Crippen molar-refractivity contribution in [3.8, 4) is 22.3 Å². The molecule has 0 atom stereocenters. The largest absolute Gasteiger partial charge is 0.310 e. The van der Waals surface area contributed by atoms with Crippen LogP contribution < -0.4 is 4.90 Å². The second-order valence-corrected chi connectivity index (χ2v) is 11.8. The molecule has 8 rings (SSSR count). The van der Waals surface area contributed by atoms with E-state index in [2.05, 4.69) is 170 Å². The first-order valence-corrected chi connectivity index (χ1v) is 14.7. The summed E-state index contributed by atoms with van der Waals surface area (Å²) in [5.74, 6) is 0. The van der Waals surface area contributed by atoms with Gasteiger partial charge in [0.1, 0.15) is 0 Å². The lowest BCUT2D eigenvalue weighted by Crippen LogP contribution is -2.15. The quantitative estimate of drug-likeness (QED) is 0.216. The zero-order valence-electron chi connectivity index (χ0n) is 23.9. The van der Waals surface area contributed by atoms with E-state index < -0.39 is 0 Å². The fraction of sp³-hybridized carbons (Fsp3) is 0.0732. The van der Waals surface area contributed by atoms with Crippen LogP contribution in [0.25, 0.3) is 43.8 Å². The minimum Gasteiger partial charge on any atom is -0.310 e. The van der Waals surface area contributed by atoms with E-state index >= 15 is 0 Å². The van der Waals surface area contributed by atoms with Crippen molar-refractivity contribution in [2.45, 2.75) is 19.3 Å². The maximum absolute atomic E-state index is 2.45. The van der Waals surface area contributed by atoms with Gasteiger partial charge in [-0.1, -0.05) is 135 Å². The molecule has 0 heterocycles. The molecule has 0 amide bonds. The molecule has 1 heteroatoms. The van der Waals surface area contributed by atoms with E-state index in [-0.39, 0.29) is 5.41 Å². The molecule has 0 bridgehead atoms. The van der Waals surface area contributed by atoms with Gasteiger partial charge in [-0.25, -0.2) is 0 Å². The molecule has 42 heavy (non-hydrogen) atoms. The van der Waals surface area contributed by atoms with E-state index in [0.717, 1.165) is 11.4 Å². The Morgan fingerprint density at radius 1 is 0.429 bits per heavy atom. The summed E-state index contributed by atoms with van der Waals surface area (Å²) in [6.45, 7) is 4.69. The highest BCUT2D eigenvalue weighted by molar-refractivity contribution is 6.08. The Labute approximate surface area is 247 Å². The van der Waals surface area contributed by atoms with E-state index in [1.165, 1.54) is 60.6 Å². The molecule has 0 saturated carbocycles. The number of rotatable bonds is 4. The average molecular weight is 538 g/mol. The smallest absolute Gasteiger partial charge is 0.0546 e. The summed E-state index contributed by atoms with van der Waals surface area (Å²) in [7, 11) is 0. The summed E-state index contributed by atoms with van der Waals surface area (Å²) in [5.41, 5.74) is 11.3. The fourth-order valence-electron chi connectivity index (χ4n) is 6.96. The highest BCUT2D eigenvalue weighted by Crippen LogP contribution is 2.51. The molecule has 1 aliphatic rings. The van der Waals surface area contributed by atoms with Gasteiger partial charge in [-0.05, 0) is 79.9 Å². The van der Waals surface area contributed by atoms with Crippen molar-refractivity contribution < 1.29 is 0 Å². The zero-order chi connectivity index (χ0) is 28.3. The first-order valence-electron chi connectivity index (χ1n) is 14.7. The molecule has 7 aromatic carbocycles. The van der Waals surface area contributed by atoms with Gasteiger partial charge in [0.2, 0.25) is 0 Å². The molecular weight excluding hydrogens is 506 g/mol. The molecule has 0 N–H and O–H groups in total. The Morgan fingerprint density at radius 2 is 1.05 bits per heavy atom. The van der Waals surface area contributed by atoms with Crippen LogP contribution >= 0.6 is 0 Å². The van der Waals surface area contributed by atoms with Gasteiger partial charge in [0.15, 0.2) is 0 Å². The fourth-order valence-corrected chi connectivity index (χ4v) is 6.96. The SMILES string of the molecule is CC1(C)c2ccccc2-c2cc(N(c3ccc4ccccc4c3)c3cccc4cccc(-c5ccccc5)c34)ccc21. The number of benzene rings is 7. The van der Waals surface area contributed by atoms with Crippen LogP contribution in [0.3, 0.4) is 0 Å². The topological polar surface area (TPSA) is 3.24 Å². The van der Waals surface area contributed by atoms with Crippen LogP contribution in [0.2, 0.25) is 0 Å². The summed E-state index contributed by atoms with van der Waals surface area (Å²) in [6, 6.07) is 55.5. The highest BCUT2D eigenvalue weighted by atomic mass is 15.1. The van der Waals surface area contributed by atoms with Crippen molar-refractivity contribution >= 4 is 38.6 Å². The van der Waals surface area contributed by atoms with Crippen LogP contribution in [0.4, 0.5) is 17.1 Å². The van der Waals surface area contributed by atoms with Gasteiger partial charge < -0.3 is 4.90 Å². The Kier molecular flexibility index (Phi) is 5.55. The van der Waals surface area contributed by atoms with Gasteiger partial charge in [0.05, 0.1) is 5.69 Å². The third kappa shape index (κ3) is 3.78. The van der Waals surface area contributed by atoms with Crippen molar-refractivity contribution in [1.82, 2.24) is 0 Å². The molecule has 0 unspecified atom stereocenters. The van der Waals surface area contributed by atoms with Crippen LogP contribution in [-0.2, 0) is 5.41 Å². The van der Waals surface area contributed by atoms with Crippen molar-refractivity contribution in [1.29, 1.82) is 0 Å². The molecule has 1 aliphatic carbocycles. The average Bonchev–Trinajstić information content (AvgIpc) is 3.27. The van der Waals surface area contributed by atoms with E-state index in [1.807, 2.05) is 0 Å². The molecule has 0 fully saturated rings. The Morgan fingerprint density at radius 3 is 1.90 bits per heavy atom. The second-order valence-electron chi connectivity index (χ2n) is 11.8. The standard InChI is InChI=1S/C41H31N/c1-41(2)37-20-9-8-18-35(37)36-27-33(24-25-38(36)41)42(32-23-22-28-12-6-7-15-31(28)26-32)39-21-11-17-30-16-10-19-34(40(30)39)29-13-4-3-5-14-29/h3-27H,1-2H3. The van der Waals surface area contributed by atoms with Crippen LogP contribution in [0.1, 0.15) is 25.0 Å². The third-order valence-electron chi connectivity index (χ3n) is 9.02. The van der Waals surface area contributed by atoms with E-state index in [1.54, 1.807) is 0 Å².